The summed E-state index contributed by atoms with van der Waals surface area (Å²) in [5, 5.41) is 3.51. The van der Waals surface area contributed by atoms with E-state index >= 15 is 0 Å². The number of aromatic nitrogens is 1. The van der Waals surface area contributed by atoms with Crippen LogP contribution in [0, 0.1) is 6.92 Å². The van der Waals surface area contributed by atoms with E-state index in [1.54, 1.807) is 6.07 Å². The summed E-state index contributed by atoms with van der Waals surface area (Å²) in [4.78, 5) is 49.0. The number of nitrogens with zero attached hydrogens (tertiary/aromatic N) is 2. The molecule has 0 radical (unpaired) electrons. The number of aryl methyl sites for hydroxylation is 1. The van der Waals surface area contributed by atoms with Crippen molar-refractivity contribution in [3.05, 3.63) is 46.8 Å². The van der Waals surface area contributed by atoms with Crippen molar-refractivity contribution in [1.82, 2.24) is 4.57 Å². The lowest BCUT2D eigenvalue weighted by Gasteiger charge is -2.31. The van der Waals surface area contributed by atoms with E-state index < -0.39 is 18.0 Å². The van der Waals surface area contributed by atoms with E-state index in [0.717, 1.165) is 48.2 Å². The number of ketones is 1. The number of rotatable bonds is 10. The Morgan fingerprint density at radius 2 is 1.81 bits per heavy atom. The second-order valence-electron chi connectivity index (χ2n) is 12.4. The molecule has 1 saturated carbocycles. The highest BCUT2D eigenvalue weighted by Crippen LogP contribution is 2.32. The van der Waals surface area contributed by atoms with Crippen molar-refractivity contribution < 1.29 is 45.5 Å². The van der Waals surface area contributed by atoms with Crippen LogP contribution in [0.3, 0.4) is 0 Å². The van der Waals surface area contributed by atoms with Gasteiger partial charge in [-0.25, -0.2) is 0 Å². The molecule has 1 fully saturated rings. The number of primary amides is 1. The Kier molecular flexibility index (Phi) is 10.8. The Bertz CT molecular complexity index is 1320. The number of halogens is 1. The number of nitrogens with two attached hydrogens (primary N) is 1. The molecule has 1 aromatic heterocycles. The van der Waals surface area contributed by atoms with Crippen molar-refractivity contribution in [2.45, 2.75) is 83.5 Å². The highest BCUT2D eigenvalue weighted by atomic mass is 35.5. The van der Waals surface area contributed by atoms with E-state index in [4.69, 9.17) is 15.2 Å². The molecule has 1 heterocycles. The Morgan fingerprint density at radius 3 is 2.43 bits per heavy atom. The van der Waals surface area contributed by atoms with Gasteiger partial charge in [-0.15, -0.1) is 0 Å². The number of hydrogen-bond acceptors (Lipinski definition) is 7. The van der Waals surface area contributed by atoms with E-state index in [1.807, 2.05) is 46.4 Å². The van der Waals surface area contributed by atoms with Gasteiger partial charge in [-0.1, -0.05) is 0 Å². The molecule has 42 heavy (non-hydrogen) atoms. The normalized spacial score (nSPS) is 19.2. The van der Waals surface area contributed by atoms with Crippen LogP contribution in [0.25, 0.3) is 5.69 Å². The van der Waals surface area contributed by atoms with Gasteiger partial charge >= 0.3 is 11.9 Å². The first-order valence-corrected chi connectivity index (χ1v) is 14.4. The number of esters is 2. The summed E-state index contributed by atoms with van der Waals surface area (Å²) in [6.45, 7) is 3.81. The number of benzene rings is 1. The molecule has 0 aliphatic heterocycles. The highest BCUT2D eigenvalue weighted by molar-refractivity contribution is 6.00. The average Bonchev–Trinajstić information content (AvgIpc) is 3.21. The quantitative estimate of drug-likeness (QED) is 0.302. The number of anilines is 1. The van der Waals surface area contributed by atoms with E-state index in [1.165, 1.54) is 6.92 Å². The third kappa shape index (κ3) is 8.35. The van der Waals surface area contributed by atoms with Gasteiger partial charge < -0.3 is 42.0 Å². The number of Topliss-reactive ketones (excluding diaryl/α,β-unsaturated/α-hetero) is 1. The van der Waals surface area contributed by atoms with Crippen LogP contribution in [0.5, 0.6) is 0 Å². The maximum absolute atomic E-state index is 12.7. The summed E-state index contributed by atoms with van der Waals surface area (Å²) in [6.07, 6.45) is 6.35. The predicted octanol–water partition coefficient (Wildman–Crippen LogP) is 0.702. The second-order valence-corrected chi connectivity index (χ2v) is 12.4. The molecule has 10 nitrogen and oxygen atoms in total. The van der Waals surface area contributed by atoms with Crippen LogP contribution < -0.4 is 23.5 Å². The molecule has 2 aliphatic carbocycles. The van der Waals surface area contributed by atoms with E-state index in [0.29, 0.717) is 41.5 Å². The zero-order chi connectivity index (χ0) is 29.9. The zero-order valence-electron chi connectivity index (χ0n) is 25.2. The van der Waals surface area contributed by atoms with Crippen molar-refractivity contribution in [3.63, 3.8) is 0 Å². The lowest BCUT2D eigenvalue weighted by molar-refractivity contribution is -0.873. The fourth-order valence-electron chi connectivity index (χ4n) is 6.05. The van der Waals surface area contributed by atoms with Crippen LogP contribution in [-0.4, -0.2) is 78.6 Å². The Hall–Kier alpha value is -3.37. The number of ether oxygens (including phenoxy) is 2. The Morgan fingerprint density at radius 1 is 1.12 bits per heavy atom. The summed E-state index contributed by atoms with van der Waals surface area (Å²) >= 11 is 0. The molecule has 2 aromatic rings. The fourth-order valence-corrected chi connectivity index (χ4v) is 6.05. The van der Waals surface area contributed by atoms with Crippen LogP contribution >= 0.6 is 0 Å². The zero-order valence-corrected chi connectivity index (χ0v) is 26.0. The van der Waals surface area contributed by atoms with Gasteiger partial charge in [0.2, 0.25) is 0 Å². The standard InChI is InChI=1S/C31H42N4O6.ClH/c1-19-17-34(27-7-6-8-28(37)30(19)27)22-11-14-25(31(32)39)26(15-22)33-21-9-12-23(13-10-21)41-29(38)16-24(40-20(2)36)18-35(3,4)5;/h11,14-15,17,21,23-24H,6-10,12-13,16,18H2,1-5H3,(H2-,32,33,39);1H. The van der Waals surface area contributed by atoms with E-state index in [9.17, 15) is 19.2 Å². The molecule has 1 unspecified atom stereocenters. The molecule has 3 N–H and O–H groups in total. The molecule has 1 atom stereocenters. The third-order valence-corrected chi connectivity index (χ3v) is 7.75. The van der Waals surface area contributed by atoms with Crippen molar-refractivity contribution in [3.8, 4) is 5.69 Å². The smallest absolute Gasteiger partial charge is 0.310 e. The van der Waals surface area contributed by atoms with Crippen molar-refractivity contribution in [1.29, 1.82) is 0 Å². The molecule has 2 aliphatic rings. The number of nitrogens with one attached hydrogen (secondary N) is 1. The van der Waals surface area contributed by atoms with Crippen LogP contribution in [0.15, 0.2) is 24.4 Å². The molecule has 230 valence electrons. The number of likely N-dealkylation sites (N-methyl/N-ethyl adjacent to an activating group) is 1. The SMILES string of the molecule is CC(=O)OC(CC(=O)OC1CCC(Nc2cc(-n3cc(C)c4c3CCCC4=O)ccc2C(N)=O)CC1)C[N+](C)(C)C.[Cl-]. The van der Waals surface area contributed by atoms with Crippen LogP contribution in [0.4, 0.5) is 5.69 Å². The highest BCUT2D eigenvalue weighted by Gasteiger charge is 2.29. The lowest BCUT2D eigenvalue weighted by atomic mass is 9.92. The number of carbonyl (C=O) groups excluding carboxylic acids is 4. The van der Waals surface area contributed by atoms with Gasteiger partial charge in [0.25, 0.3) is 5.91 Å². The number of carbonyl (C=O) groups is 4. The first-order valence-electron chi connectivity index (χ1n) is 14.4. The van der Waals surface area contributed by atoms with Crippen molar-refractivity contribution >= 4 is 29.3 Å². The van der Waals surface area contributed by atoms with Gasteiger partial charge in [-0.05, 0) is 69.2 Å². The van der Waals surface area contributed by atoms with Crippen molar-refractivity contribution in [2.24, 2.45) is 5.73 Å². The lowest BCUT2D eigenvalue weighted by Crippen LogP contribution is -3.00. The van der Waals surface area contributed by atoms with Gasteiger partial charge in [0.1, 0.15) is 12.6 Å². The molecule has 0 bridgehead atoms. The molecule has 11 heteroatoms. The number of quaternary nitrogens is 1. The first kappa shape index (κ1) is 33.1. The molecule has 4 rings (SSSR count). The first-order chi connectivity index (χ1) is 19.3. The predicted molar refractivity (Wildman–Crippen MR) is 155 cm³/mol. The summed E-state index contributed by atoms with van der Waals surface area (Å²) in [6, 6.07) is 5.60. The molecule has 1 amide bonds. The summed E-state index contributed by atoms with van der Waals surface area (Å²) in [7, 11) is 5.93. The molecular weight excluding hydrogens is 560 g/mol. The van der Waals surface area contributed by atoms with Gasteiger partial charge in [0.05, 0.1) is 33.1 Å². The van der Waals surface area contributed by atoms with Crippen LogP contribution in [0.1, 0.15) is 83.8 Å². The Labute approximate surface area is 253 Å². The summed E-state index contributed by atoms with van der Waals surface area (Å²) in [5.41, 5.74) is 10.4. The minimum Gasteiger partial charge on any atom is -1.00 e. The average molecular weight is 603 g/mol. The number of fused-ring (bicyclic) bond motifs is 1. The number of hydrogen-bond donors (Lipinski definition) is 2. The van der Waals surface area contributed by atoms with Crippen LogP contribution in [-0.2, 0) is 25.5 Å². The molecular formula is C31H43ClN4O6. The van der Waals surface area contributed by atoms with E-state index in [-0.39, 0.29) is 42.7 Å². The summed E-state index contributed by atoms with van der Waals surface area (Å²) in [5.74, 6) is -1.11. The maximum Gasteiger partial charge on any atom is 0.310 e. The summed E-state index contributed by atoms with van der Waals surface area (Å²) < 4.78 is 13.7. The largest absolute Gasteiger partial charge is 1.00 e. The third-order valence-electron chi connectivity index (χ3n) is 7.75. The molecule has 1 aromatic carbocycles. The minimum absolute atomic E-state index is 0. The van der Waals surface area contributed by atoms with Gasteiger partial charge in [0.15, 0.2) is 11.9 Å². The molecule has 0 saturated heterocycles. The van der Waals surface area contributed by atoms with Crippen molar-refractivity contribution in [2.75, 3.05) is 33.0 Å². The topological polar surface area (TPSA) is 130 Å². The monoisotopic (exact) mass is 602 g/mol. The van der Waals surface area contributed by atoms with E-state index in [2.05, 4.69) is 9.88 Å². The molecule has 0 spiro atoms. The Balaban J connectivity index is 0.00000484. The van der Waals surface area contributed by atoms with Crippen LogP contribution in [0.2, 0.25) is 0 Å². The van der Waals surface area contributed by atoms with Gasteiger partial charge in [-0.2, -0.15) is 0 Å². The number of amides is 1. The fraction of sp³-hybridized carbons (Fsp3) is 0.548. The maximum atomic E-state index is 12.7. The van der Waals surface area contributed by atoms with Gasteiger partial charge in [0, 0.05) is 48.2 Å². The minimum atomic E-state index is -0.537. The second kappa shape index (κ2) is 13.7. The van der Waals surface area contributed by atoms with Gasteiger partial charge in [-0.3, -0.25) is 19.2 Å².